The maximum atomic E-state index is 10.5. The number of aromatic nitrogens is 2. The number of thioether (sulfide) groups is 1. The summed E-state index contributed by atoms with van der Waals surface area (Å²) in [4.78, 5) is 1.31. The van der Waals surface area contributed by atoms with Crippen LogP contribution in [-0.2, 0) is 12.8 Å². The van der Waals surface area contributed by atoms with Crippen LogP contribution in [0.2, 0.25) is 0 Å². The molecule has 1 aliphatic heterocycles. The fraction of sp³-hybridized carbons (Fsp3) is 0.471. The van der Waals surface area contributed by atoms with Gasteiger partial charge in [0, 0.05) is 28.8 Å². The van der Waals surface area contributed by atoms with Gasteiger partial charge < -0.3 is 5.11 Å². The van der Waals surface area contributed by atoms with Crippen molar-refractivity contribution in [2.75, 3.05) is 0 Å². The van der Waals surface area contributed by atoms with Gasteiger partial charge in [0.1, 0.15) is 0 Å². The lowest BCUT2D eigenvalue weighted by atomic mass is 10.0. The average Bonchev–Trinajstić information content (AvgIpc) is 3.12. The fourth-order valence-electron chi connectivity index (χ4n) is 2.69. The molecule has 0 radical (unpaired) electrons. The van der Waals surface area contributed by atoms with Crippen LogP contribution in [0.1, 0.15) is 37.6 Å². The minimum Gasteiger partial charge on any atom is -0.392 e. The van der Waals surface area contributed by atoms with Crippen molar-refractivity contribution >= 4 is 11.8 Å². The highest BCUT2D eigenvalue weighted by atomic mass is 32.2. The highest BCUT2D eigenvalue weighted by Crippen LogP contribution is 2.38. The third-order valence-electron chi connectivity index (χ3n) is 4.23. The molecule has 1 aliphatic rings. The van der Waals surface area contributed by atoms with Gasteiger partial charge in [0.25, 0.3) is 0 Å². The summed E-state index contributed by atoms with van der Waals surface area (Å²) in [6.45, 7) is 4.32. The molecule has 1 aromatic heterocycles. The normalized spacial score (nSPS) is 20.2. The minimum atomic E-state index is -0.345. The van der Waals surface area contributed by atoms with Gasteiger partial charge in [0.05, 0.1) is 11.8 Å². The Bertz CT molecular complexity index is 585. The van der Waals surface area contributed by atoms with Gasteiger partial charge in [0.2, 0.25) is 0 Å². The van der Waals surface area contributed by atoms with E-state index in [0.717, 1.165) is 18.5 Å². The van der Waals surface area contributed by atoms with Crippen LogP contribution in [0, 0.1) is 0 Å². The number of hydrogen-bond donors (Lipinski definition) is 1. The summed E-state index contributed by atoms with van der Waals surface area (Å²) in [5.41, 5.74) is 2.34. The van der Waals surface area contributed by atoms with Gasteiger partial charge in [-0.15, -0.1) is 11.8 Å². The summed E-state index contributed by atoms with van der Waals surface area (Å²) in [6.07, 6.45) is 4.33. The summed E-state index contributed by atoms with van der Waals surface area (Å²) in [6, 6.07) is 10.9. The van der Waals surface area contributed by atoms with Crippen LogP contribution >= 0.6 is 11.8 Å². The van der Waals surface area contributed by atoms with Gasteiger partial charge in [0.15, 0.2) is 0 Å². The van der Waals surface area contributed by atoms with Crippen molar-refractivity contribution in [2.24, 2.45) is 0 Å². The molecule has 0 aliphatic carbocycles. The topological polar surface area (TPSA) is 38.0 Å². The van der Waals surface area contributed by atoms with Crippen LogP contribution in [0.5, 0.6) is 0 Å². The first-order valence-corrected chi connectivity index (χ1v) is 8.52. The molecule has 0 saturated heterocycles. The summed E-state index contributed by atoms with van der Waals surface area (Å²) in [5, 5.41) is 15.3. The molecule has 1 N–H and O–H groups in total. The first-order chi connectivity index (χ1) is 10.2. The molecule has 2 heterocycles. The van der Waals surface area contributed by atoms with E-state index in [1.807, 2.05) is 16.9 Å². The molecule has 2 aromatic rings. The number of aliphatic hydroxyl groups excluding tert-OH is 1. The van der Waals surface area contributed by atoms with Gasteiger partial charge in [-0.1, -0.05) is 25.1 Å². The molecule has 3 atom stereocenters. The minimum absolute atomic E-state index is 0.246. The predicted octanol–water partition coefficient (Wildman–Crippen LogP) is 3.47. The lowest BCUT2D eigenvalue weighted by Crippen LogP contribution is -2.25. The largest absolute Gasteiger partial charge is 0.392 e. The quantitative estimate of drug-likeness (QED) is 0.919. The highest BCUT2D eigenvalue weighted by Gasteiger charge is 2.28. The van der Waals surface area contributed by atoms with Crippen molar-refractivity contribution in [3.63, 3.8) is 0 Å². The molecule has 0 saturated carbocycles. The third kappa shape index (κ3) is 3.16. The smallest absolute Gasteiger partial charge is 0.0721 e. The second-order valence-corrected chi connectivity index (χ2v) is 7.07. The Morgan fingerprint density at radius 2 is 2.19 bits per heavy atom. The van der Waals surface area contributed by atoms with E-state index in [0.29, 0.717) is 12.5 Å². The van der Waals surface area contributed by atoms with Gasteiger partial charge in [-0.3, -0.25) is 4.68 Å². The summed E-state index contributed by atoms with van der Waals surface area (Å²) in [7, 11) is 0. The molecule has 3 rings (SSSR count). The zero-order chi connectivity index (χ0) is 14.8. The van der Waals surface area contributed by atoms with Crippen molar-refractivity contribution < 1.29 is 5.11 Å². The van der Waals surface area contributed by atoms with Crippen molar-refractivity contribution in [3.05, 3.63) is 47.8 Å². The molecule has 3 unspecified atom stereocenters. The van der Waals surface area contributed by atoms with Crippen LogP contribution in [0.3, 0.4) is 0 Å². The first-order valence-electron chi connectivity index (χ1n) is 7.64. The Hall–Kier alpha value is -1.26. The van der Waals surface area contributed by atoms with Crippen molar-refractivity contribution in [1.29, 1.82) is 0 Å². The maximum Gasteiger partial charge on any atom is 0.0721 e. The molecular weight excluding hydrogens is 280 g/mol. The maximum absolute atomic E-state index is 10.5. The molecule has 0 bridgehead atoms. The van der Waals surface area contributed by atoms with Gasteiger partial charge in [-0.25, -0.2) is 0 Å². The van der Waals surface area contributed by atoms with Crippen LogP contribution in [0.25, 0.3) is 0 Å². The number of aliphatic hydroxyl groups is 1. The van der Waals surface area contributed by atoms with E-state index in [1.54, 1.807) is 11.8 Å². The van der Waals surface area contributed by atoms with E-state index in [-0.39, 0.29) is 11.4 Å². The number of benzene rings is 1. The Labute approximate surface area is 130 Å². The van der Waals surface area contributed by atoms with Crippen LogP contribution in [-0.4, -0.2) is 26.2 Å². The van der Waals surface area contributed by atoms with E-state index < -0.39 is 0 Å². The molecule has 4 heteroatoms. The number of fused-ring (bicyclic) bond motifs is 1. The van der Waals surface area contributed by atoms with Gasteiger partial charge >= 0.3 is 0 Å². The van der Waals surface area contributed by atoms with Crippen LogP contribution < -0.4 is 0 Å². The second-order valence-electron chi connectivity index (χ2n) is 5.78. The van der Waals surface area contributed by atoms with Gasteiger partial charge in [-0.2, -0.15) is 5.10 Å². The molecule has 112 valence electrons. The zero-order valence-electron chi connectivity index (χ0n) is 12.6. The Balaban J connectivity index is 1.63. The Morgan fingerprint density at radius 3 is 2.95 bits per heavy atom. The summed E-state index contributed by atoms with van der Waals surface area (Å²) in [5.74, 6) is 0. The molecule has 0 spiro atoms. The van der Waals surface area contributed by atoms with Crippen molar-refractivity contribution in [3.8, 4) is 0 Å². The van der Waals surface area contributed by atoms with E-state index in [1.165, 1.54) is 10.5 Å². The standard InChI is InChI=1S/C17H22N2OS/c1-3-12(2)19-9-8-14(18-19)11-15(20)17-10-13-6-4-5-7-16(13)21-17/h4-9,12,15,17,20H,3,10-11H2,1-2H3. The molecule has 1 aromatic carbocycles. The fourth-order valence-corrected chi connectivity index (χ4v) is 3.99. The van der Waals surface area contributed by atoms with Crippen LogP contribution in [0.4, 0.5) is 0 Å². The summed E-state index contributed by atoms with van der Waals surface area (Å²) >= 11 is 1.80. The van der Waals surface area contributed by atoms with Crippen LogP contribution in [0.15, 0.2) is 41.4 Å². The summed E-state index contributed by atoms with van der Waals surface area (Å²) < 4.78 is 2.00. The molecule has 3 nitrogen and oxygen atoms in total. The lowest BCUT2D eigenvalue weighted by Gasteiger charge is -2.16. The van der Waals surface area contributed by atoms with Crippen molar-refractivity contribution in [2.45, 2.75) is 55.4 Å². The predicted molar refractivity (Wildman–Crippen MR) is 86.7 cm³/mol. The third-order valence-corrected chi connectivity index (χ3v) is 5.66. The number of nitrogens with zero attached hydrogens (tertiary/aromatic N) is 2. The Morgan fingerprint density at radius 1 is 1.38 bits per heavy atom. The molecule has 0 fully saturated rings. The van der Waals surface area contributed by atoms with E-state index >= 15 is 0 Å². The van der Waals surface area contributed by atoms with Gasteiger partial charge in [-0.05, 0) is 37.5 Å². The van der Waals surface area contributed by atoms with E-state index in [4.69, 9.17) is 0 Å². The van der Waals surface area contributed by atoms with Crippen molar-refractivity contribution in [1.82, 2.24) is 9.78 Å². The second kappa shape index (κ2) is 6.24. The Kier molecular flexibility index (Phi) is 4.36. The van der Waals surface area contributed by atoms with E-state index in [2.05, 4.69) is 43.2 Å². The van der Waals surface area contributed by atoms with E-state index in [9.17, 15) is 5.11 Å². The first kappa shape index (κ1) is 14.7. The number of hydrogen-bond acceptors (Lipinski definition) is 3. The SMILES string of the molecule is CCC(C)n1ccc(CC(O)C2Cc3ccccc3S2)n1. The zero-order valence-corrected chi connectivity index (χ0v) is 13.4. The number of rotatable bonds is 5. The highest BCUT2D eigenvalue weighted by molar-refractivity contribution is 8.00. The molecular formula is C17H22N2OS. The molecule has 21 heavy (non-hydrogen) atoms. The lowest BCUT2D eigenvalue weighted by molar-refractivity contribution is 0.170. The monoisotopic (exact) mass is 302 g/mol. The average molecular weight is 302 g/mol. The molecule has 0 amide bonds.